The molecule has 6 heteroatoms. The molecule has 3 aromatic rings. The van der Waals surface area contributed by atoms with Crippen LogP contribution in [0, 0.1) is 11.8 Å². The van der Waals surface area contributed by atoms with Crippen LogP contribution in [-0.4, -0.2) is 64.1 Å². The van der Waals surface area contributed by atoms with Crippen LogP contribution in [0.1, 0.15) is 96.0 Å². The summed E-state index contributed by atoms with van der Waals surface area (Å²) in [6.07, 6.45) is 9.88. The van der Waals surface area contributed by atoms with Gasteiger partial charge in [-0.15, -0.1) is 0 Å². The Morgan fingerprint density at radius 1 is 1.00 bits per heavy atom. The molecule has 1 saturated heterocycles. The number of benzene rings is 1. The summed E-state index contributed by atoms with van der Waals surface area (Å²) in [5, 5.41) is 5.04. The van der Waals surface area contributed by atoms with Crippen LogP contribution in [0.15, 0.2) is 42.6 Å². The first-order chi connectivity index (χ1) is 19.7. The maximum atomic E-state index is 13.8. The van der Waals surface area contributed by atoms with E-state index >= 15 is 0 Å². The van der Waals surface area contributed by atoms with Gasteiger partial charge in [0.05, 0.1) is 18.3 Å². The zero-order chi connectivity index (χ0) is 29.5. The number of carbonyl (C=O) groups is 1. The normalized spacial score (nSPS) is 18.0. The number of ether oxygens (including phenoxy) is 1. The SMILES string of the molecule is COc1ccc(-c2nn3ccc(C(=O)N(CCC(C)C)CCC(C)C)cc3c2CCCN2C(C)CCCC2C)cc1. The molecule has 1 aromatic carbocycles. The Morgan fingerprint density at radius 3 is 2.22 bits per heavy atom. The molecule has 1 amide bonds. The Bertz CT molecular complexity index is 1240. The van der Waals surface area contributed by atoms with E-state index in [1.54, 1.807) is 7.11 Å². The van der Waals surface area contributed by atoms with Crippen molar-refractivity contribution >= 4 is 11.4 Å². The third-order valence-electron chi connectivity index (χ3n) is 8.81. The minimum absolute atomic E-state index is 0.128. The van der Waals surface area contributed by atoms with Gasteiger partial charge in [-0.2, -0.15) is 5.10 Å². The molecule has 3 heterocycles. The maximum Gasteiger partial charge on any atom is 0.253 e. The van der Waals surface area contributed by atoms with Gasteiger partial charge in [-0.3, -0.25) is 9.69 Å². The summed E-state index contributed by atoms with van der Waals surface area (Å²) in [7, 11) is 1.69. The number of likely N-dealkylation sites (tertiary alicyclic amines) is 1. The number of methoxy groups -OCH3 is 1. The minimum atomic E-state index is 0.128. The average molecular weight is 561 g/mol. The first-order valence-corrected chi connectivity index (χ1v) is 15.9. The first kappa shape index (κ1) is 31.1. The zero-order valence-corrected chi connectivity index (χ0v) is 26.5. The van der Waals surface area contributed by atoms with E-state index in [4.69, 9.17) is 9.84 Å². The van der Waals surface area contributed by atoms with E-state index < -0.39 is 0 Å². The molecule has 2 aromatic heterocycles. The molecule has 4 rings (SSSR count). The highest BCUT2D eigenvalue weighted by Crippen LogP contribution is 2.30. The number of aryl methyl sites for hydroxylation is 1. The van der Waals surface area contributed by atoms with Crippen molar-refractivity contribution in [3.05, 3.63) is 53.7 Å². The Labute approximate surface area is 248 Å². The van der Waals surface area contributed by atoms with E-state index in [0.29, 0.717) is 23.9 Å². The van der Waals surface area contributed by atoms with Crippen LogP contribution in [-0.2, 0) is 6.42 Å². The number of hydrogen-bond acceptors (Lipinski definition) is 4. The third kappa shape index (κ3) is 7.91. The highest BCUT2D eigenvalue weighted by Gasteiger charge is 2.25. The molecule has 0 spiro atoms. The van der Waals surface area contributed by atoms with Gasteiger partial charge in [-0.05, 0) is 107 Å². The van der Waals surface area contributed by atoms with Crippen molar-refractivity contribution in [1.82, 2.24) is 19.4 Å². The van der Waals surface area contributed by atoms with Gasteiger partial charge in [0.25, 0.3) is 5.91 Å². The van der Waals surface area contributed by atoms with E-state index in [2.05, 4.69) is 69.5 Å². The molecule has 0 saturated carbocycles. The lowest BCUT2D eigenvalue weighted by molar-refractivity contribution is 0.0741. The first-order valence-electron chi connectivity index (χ1n) is 15.9. The van der Waals surface area contributed by atoms with Gasteiger partial charge in [0.15, 0.2) is 0 Å². The predicted molar refractivity (Wildman–Crippen MR) is 170 cm³/mol. The zero-order valence-electron chi connectivity index (χ0n) is 26.5. The molecule has 1 aliphatic heterocycles. The second kappa shape index (κ2) is 14.4. The van der Waals surface area contributed by atoms with Gasteiger partial charge in [-0.25, -0.2) is 4.52 Å². The predicted octanol–water partition coefficient (Wildman–Crippen LogP) is 7.74. The van der Waals surface area contributed by atoms with Crippen LogP contribution in [0.2, 0.25) is 0 Å². The summed E-state index contributed by atoms with van der Waals surface area (Å²) < 4.78 is 7.37. The van der Waals surface area contributed by atoms with Crippen molar-refractivity contribution in [2.75, 3.05) is 26.7 Å². The van der Waals surface area contributed by atoms with Gasteiger partial charge in [0.1, 0.15) is 5.75 Å². The van der Waals surface area contributed by atoms with Crippen LogP contribution in [0.3, 0.4) is 0 Å². The Morgan fingerprint density at radius 2 is 1.63 bits per heavy atom. The molecule has 6 nitrogen and oxygen atoms in total. The average Bonchev–Trinajstić information content (AvgIpc) is 3.31. The summed E-state index contributed by atoms with van der Waals surface area (Å²) in [5.74, 6) is 2.09. The van der Waals surface area contributed by atoms with Crippen LogP contribution in [0.5, 0.6) is 5.75 Å². The molecule has 224 valence electrons. The molecule has 0 aliphatic carbocycles. The van der Waals surface area contributed by atoms with Crippen molar-refractivity contribution in [3.8, 4) is 17.0 Å². The maximum absolute atomic E-state index is 13.8. The second-order valence-corrected chi connectivity index (χ2v) is 12.9. The van der Waals surface area contributed by atoms with Crippen LogP contribution >= 0.6 is 0 Å². The highest BCUT2D eigenvalue weighted by molar-refractivity contribution is 5.95. The molecule has 0 N–H and O–H groups in total. The number of carbonyl (C=O) groups excluding carboxylic acids is 1. The Hall–Kier alpha value is -2.86. The van der Waals surface area contributed by atoms with Crippen LogP contribution in [0.25, 0.3) is 16.8 Å². The van der Waals surface area contributed by atoms with E-state index in [1.807, 2.05) is 28.9 Å². The fraction of sp³-hybridized carbons (Fsp3) is 0.600. The van der Waals surface area contributed by atoms with Crippen molar-refractivity contribution in [2.45, 2.75) is 98.6 Å². The summed E-state index contributed by atoms with van der Waals surface area (Å²) >= 11 is 0. The van der Waals surface area contributed by atoms with Gasteiger partial charge in [0.2, 0.25) is 0 Å². The van der Waals surface area contributed by atoms with E-state index in [-0.39, 0.29) is 5.91 Å². The van der Waals surface area contributed by atoms with Gasteiger partial charge >= 0.3 is 0 Å². The summed E-state index contributed by atoms with van der Waals surface area (Å²) in [6, 6.07) is 13.5. The molecule has 1 fully saturated rings. The summed E-state index contributed by atoms with van der Waals surface area (Å²) in [5.41, 5.74) is 5.08. The van der Waals surface area contributed by atoms with E-state index in [0.717, 1.165) is 73.4 Å². The fourth-order valence-electron chi connectivity index (χ4n) is 6.13. The number of nitrogens with zero attached hydrogens (tertiary/aromatic N) is 4. The fourth-order valence-corrected chi connectivity index (χ4v) is 6.13. The van der Waals surface area contributed by atoms with E-state index in [1.165, 1.54) is 24.8 Å². The summed E-state index contributed by atoms with van der Waals surface area (Å²) in [4.78, 5) is 18.6. The molecule has 41 heavy (non-hydrogen) atoms. The number of piperidine rings is 1. The van der Waals surface area contributed by atoms with Crippen molar-refractivity contribution in [2.24, 2.45) is 11.8 Å². The van der Waals surface area contributed by atoms with Gasteiger partial charge in [0, 0.05) is 48.1 Å². The molecule has 0 bridgehead atoms. The van der Waals surface area contributed by atoms with Crippen molar-refractivity contribution in [1.29, 1.82) is 0 Å². The van der Waals surface area contributed by atoms with Gasteiger partial charge < -0.3 is 9.64 Å². The number of hydrogen-bond donors (Lipinski definition) is 0. The standard InChI is InChI=1S/C35H52N4O2/c1-25(2)17-21-37(22-18-26(3)4)35(40)30-19-23-39-33(24-30)32(12-9-20-38-27(5)10-8-11-28(38)6)34(36-39)29-13-15-31(41-7)16-14-29/h13-16,19,23-28H,8-12,17-18,20-22H2,1-7H3. The number of aromatic nitrogens is 2. The smallest absolute Gasteiger partial charge is 0.253 e. The van der Waals surface area contributed by atoms with E-state index in [9.17, 15) is 4.79 Å². The quantitative estimate of drug-likeness (QED) is 0.215. The summed E-state index contributed by atoms with van der Waals surface area (Å²) in [6.45, 7) is 16.3. The number of rotatable bonds is 13. The number of pyridine rings is 1. The Balaban J connectivity index is 1.66. The number of amides is 1. The lowest BCUT2D eigenvalue weighted by atomic mass is 9.96. The minimum Gasteiger partial charge on any atom is -0.497 e. The van der Waals surface area contributed by atoms with Crippen molar-refractivity contribution in [3.63, 3.8) is 0 Å². The molecular formula is C35H52N4O2. The monoisotopic (exact) mass is 560 g/mol. The molecule has 2 unspecified atom stereocenters. The number of fused-ring (bicyclic) bond motifs is 1. The lowest BCUT2D eigenvalue weighted by Gasteiger charge is -2.39. The molecule has 0 radical (unpaired) electrons. The lowest BCUT2D eigenvalue weighted by Crippen LogP contribution is -2.44. The van der Waals surface area contributed by atoms with Gasteiger partial charge in [-0.1, -0.05) is 34.1 Å². The van der Waals surface area contributed by atoms with Crippen LogP contribution < -0.4 is 4.74 Å². The molecule has 2 atom stereocenters. The largest absolute Gasteiger partial charge is 0.497 e. The van der Waals surface area contributed by atoms with Crippen molar-refractivity contribution < 1.29 is 9.53 Å². The molecule has 1 aliphatic rings. The van der Waals surface area contributed by atoms with Crippen LogP contribution in [0.4, 0.5) is 0 Å². The third-order valence-corrected chi connectivity index (χ3v) is 8.81. The molecular weight excluding hydrogens is 508 g/mol. The second-order valence-electron chi connectivity index (χ2n) is 12.9. The topological polar surface area (TPSA) is 50.1 Å². The Kier molecular flexibility index (Phi) is 10.9. The highest BCUT2D eigenvalue weighted by atomic mass is 16.5.